The zero-order valence-corrected chi connectivity index (χ0v) is 15.5. The van der Waals surface area contributed by atoms with E-state index >= 15 is 0 Å². The van der Waals surface area contributed by atoms with Gasteiger partial charge in [0.05, 0.1) is 5.60 Å². The number of nitrogens with zero attached hydrogens (tertiary/aromatic N) is 1. The molecule has 1 unspecified atom stereocenters. The summed E-state index contributed by atoms with van der Waals surface area (Å²) in [5.41, 5.74) is 0.395. The maximum Gasteiger partial charge on any atom is 0.349 e. The molecular formula is C20H28N2O4. The van der Waals surface area contributed by atoms with Crippen LogP contribution in [0.25, 0.3) is 0 Å². The Morgan fingerprint density at radius 1 is 1.27 bits per heavy atom. The number of hydrogen-bond acceptors (Lipinski definition) is 5. The van der Waals surface area contributed by atoms with Crippen molar-refractivity contribution in [2.45, 2.75) is 57.0 Å². The van der Waals surface area contributed by atoms with Crippen molar-refractivity contribution < 1.29 is 13.9 Å². The van der Waals surface area contributed by atoms with E-state index in [1.165, 1.54) is 0 Å². The summed E-state index contributed by atoms with van der Waals surface area (Å²) in [4.78, 5) is 27.3. The van der Waals surface area contributed by atoms with Crippen LogP contribution in [0, 0.1) is 6.92 Å². The number of aryl methyl sites for hydroxylation is 1. The van der Waals surface area contributed by atoms with Crippen molar-refractivity contribution in [2.24, 2.45) is 0 Å². The summed E-state index contributed by atoms with van der Waals surface area (Å²) in [6, 6.07) is 1.89. The van der Waals surface area contributed by atoms with Gasteiger partial charge in [0.2, 0.25) is 0 Å². The zero-order chi connectivity index (χ0) is 18.1. The Kier molecular flexibility index (Phi) is 4.88. The van der Waals surface area contributed by atoms with E-state index in [0.29, 0.717) is 18.8 Å². The monoisotopic (exact) mass is 360 g/mol. The Morgan fingerprint density at radius 2 is 2.08 bits per heavy atom. The van der Waals surface area contributed by atoms with Crippen LogP contribution in [0.15, 0.2) is 15.3 Å². The Labute approximate surface area is 153 Å². The molecule has 1 aromatic rings. The molecule has 1 spiro atoms. The van der Waals surface area contributed by atoms with Crippen molar-refractivity contribution in [3.63, 3.8) is 0 Å². The van der Waals surface area contributed by atoms with Gasteiger partial charge in [-0.1, -0.05) is 0 Å². The smallest absolute Gasteiger partial charge is 0.349 e. The Morgan fingerprint density at radius 3 is 2.69 bits per heavy atom. The molecule has 4 rings (SSSR count). The SMILES string of the molecule is Cc1cc(C2CCCNC2)oc(=O)c1C(=O)N1CCC2(CCCO2)CC1. The predicted molar refractivity (Wildman–Crippen MR) is 97.6 cm³/mol. The first kappa shape index (κ1) is 17.7. The standard InChI is InChI=1S/C20H28N2O4/c1-14-12-16(15-4-2-8-21-13-15)26-19(24)17(14)18(23)22-9-6-20(7-10-22)5-3-11-25-20/h12,15,21H,2-11,13H2,1H3. The summed E-state index contributed by atoms with van der Waals surface area (Å²) in [5, 5.41) is 3.34. The fraction of sp³-hybridized carbons (Fsp3) is 0.700. The van der Waals surface area contributed by atoms with Crippen LogP contribution < -0.4 is 10.9 Å². The molecule has 0 radical (unpaired) electrons. The molecule has 6 heteroatoms. The molecule has 6 nitrogen and oxygen atoms in total. The quantitative estimate of drug-likeness (QED) is 0.875. The van der Waals surface area contributed by atoms with Crippen molar-refractivity contribution in [3.8, 4) is 0 Å². The molecule has 3 aliphatic rings. The lowest BCUT2D eigenvalue weighted by Crippen LogP contribution is -2.47. The molecule has 3 saturated heterocycles. The van der Waals surface area contributed by atoms with Crippen LogP contribution in [0.2, 0.25) is 0 Å². The highest BCUT2D eigenvalue weighted by Crippen LogP contribution is 2.36. The van der Waals surface area contributed by atoms with Crippen LogP contribution in [0.1, 0.15) is 66.1 Å². The first-order valence-corrected chi connectivity index (χ1v) is 9.87. The van der Waals surface area contributed by atoms with Crippen molar-refractivity contribution in [2.75, 3.05) is 32.8 Å². The summed E-state index contributed by atoms with van der Waals surface area (Å²) >= 11 is 0. The highest BCUT2D eigenvalue weighted by atomic mass is 16.5. The average molecular weight is 360 g/mol. The highest BCUT2D eigenvalue weighted by molar-refractivity contribution is 5.95. The Hall–Kier alpha value is -1.66. The summed E-state index contributed by atoms with van der Waals surface area (Å²) < 4.78 is 11.5. The molecule has 0 aromatic carbocycles. The number of amides is 1. The van der Waals surface area contributed by atoms with Crippen LogP contribution in [0.4, 0.5) is 0 Å². The Balaban J connectivity index is 1.50. The van der Waals surface area contributed by atoms with Crippen LogP contribution in [0.3, 0.4) is 0 Å². The second-order valence-electron chi connectivity index (χ2n) is 7.96. The number of nitrogens with one attached hydrogen (secondary N) is 1. The van der Waals surface area contributed by atoms with Gasteiger partial charge in [0.25, 0.3) is 5.91 Å². The lowest BCUT2D eigenvalue weighted by Gasteiger charge is -2.38. The number of carbonyl (C=O) groups excluding carboxylic acids is 1. The van der Waals surface area contributed by atoms with Gasteiger partial charge in [-0.3, -0.25) is 4.79 Å². The summed E-state index contributed by atoms with van der Waals surface area (Å²) in [6.07, 6.45) is 5.99. The highest BCUT2D eigenvalue weighted by Gasteiger charge is 2.40. The zero-order valence-electron chi connectivity index (χ0n) is 15.5. The van der Waals surface area contributed by atoms with Crippen LogP contribution in [-0.2, 0) is 4.74 Å². The van der Waals surface area contributed by atoms with E-state index in [4.69, 9.17) is 9.15 Å². The van der Waals surface area contributed by atoms with Gasteiger partial charge in [-0.25, -0.2) is 4.79 Å². The lowest BCUT2D eigenvalue weighted by molar-refractivity contribution is -0.0388. The number of rotatable bonds is 2. The molecule has 0 saturated carbocycles. The second-order valence-corrected chi connectivity index (χ2v) is 7.96. The molecule has 3 fully saturated rings. The minimum atomic E-state index is -0.493. The number of hydrogen-bond donors (Lipinski definition) is 1. The molecule has 1 aromatic heterocycles. The van der Waals surface area contributed by atoms with Crippen LogP contribution >= 0.6 is 0 Å². The molecule has 26 heavy (non-hydrogen) atoms. The largest absolute Gasteiger partial charge is 0.427 e. The van der Waals surface area contributed by atoms with Gasteiger partial charge in [-0.15, -0.1) is 0 Å². The molecule has 3 aliphatic heterocycles. The van der Waals surface area contributed by atoms with Gasteiger partial charge >= 0.3 is 5.63 Å². The fourth-order valence-electron chi connectivity index (χ4n) is 4.61. The third-order valence-electron chi connectivity index (χ3n) is 6.23. The molecule has 0 aliphatic carbocycles. The molecule has 142 valence electrons. The van der Waals surface area contributed by atoms with Crippen molar-refractivity contribution in [3.05, 3.63) is 33.4 Å². The van der Waals surface area contributed by atoms with Crippen LogP contribution in [0.5, 0.6) is 0 Å². The second kappa shape index (κ2) is 7.16. The topological polar surface area (TPSA) is 71.8 Å². The first-order chi connectivity index (χ1) is 12.6. The van der Waals surface area contributed by atoms with Gasteiger partial charge in [-0.2, -0.15) is 0 Å². The first-order valence-electron chi connectivity index (χ1n) is 9.87. The number of ether oxygens (including phenoxy) is 1. The molecule has 1 amide bonds. The maximum atomic E-state index is 12.9. The minimum Gasteiger partial charge on any atom is -0.427 e. The summed E-state index contributed by atoms with van der Waals surface area (Å²) in [6.45, 7) is 5.79. The molecular weight excluding hydrogens is 332 g/mol. The van der Waals surface area contributed by atoms with Gasteiger partial charge in [-0.05, 0) is 63.6 Å². The number of piperidine rings is 2. The van der Waals surface area contributed by atoms with E-state index in [0.717, 1.165) is 63.8 Å². The number of likely N-dealkylation sites (tertiary alicyclic amines) is 1. The van der Waals surface area contributed by atoms with Gasteiger partial charge in [0.15, 0.2) is 0 Å². The minimum absolute atomic E-state index is 0.0334. The third-order valence-corrected chi connectivity index (χ3v) is 6.23. The van der Waals surface area contributed by atoms with E-state index in [9.17, 15) is 9.59 Å². The van der Waals surface area contributed by atoms with E-state index in [2.05, 4.69) is 5.32 Å². The summed E-state index contributed by atoms with van der Waals surface area (Å²) in [5.74, 6) is 0.722. The lowest BCUT2D eigenvalue weighted by atomic mass is 9.88. The molecule has 0 bridgehead atoms. The van der Waals surface area contributed by atoms with E-state index in [-0.39, 0.29) is 23.0 Å². The summed E-state index contributed by atoms with van der Waals surface area (Å²) in [7, 11) is 0. The van der Waals surface area contributed by atoms with Crippen molar-refractivity contribution in [1.82, 2.24) is 10.2 Å². The van der Waals surface area contributed by atoms with Crippen molar-refractivity contribution >= 4 is 5.91 Å². The van der Waals surface area contributed by atoms with E-state index < -0.39 is 5.63 Å². The van der Waals surface area contributed by atoms with Crippen LogP contribution in [-0.4, -0.2) is 49.2 Å². The maximum absolute atomic E-state index is 12.9. The normalized spacial score (nSPS) is 25.6. The third kappa shape index (κ3) is 3.32. The van der Waals surface area contributed by atoms with Gasteiger partial charge < -0.3 is 19.4 Å². The van der Waals surface area contributed by atoms with E-state index in [1.54, 1.807) is 4.90 Å². The van der Waals surface area contributed by atoms with Gasteiger partial charge in [0.1, 0.15) is 11.3 Å². The molecule has 1 atom stereocenters. The average Bonchev–Trinajstić information content (AvgIpc) is 3.10. The van der Waals surface area contributed by atoms with Gasteiger partial charge in [0, 0.05) is 32.2 Å². The predicted octanol–water partition coefficient (Wildman–Crippen LogP) is 2.20. The van der Waals surface area contributed by atoms with Crippen molar-refractivity contribution in [1.29, 1.82) is 0 Å². The fourth-order valence-corrected chi connectivity index (χ4v) is 4.61. The molecule has 4 heterocycles. The Bertz CT molecular complexity index is 720. The van der Waals surface area contributed by atoms with E-state index in [1.807, 2.05) is 13.0 Å². The number of carbonyl (C=O) groups is 1. The molecule has 1 N–H and O–H groups in total.